The number of halogens is 2. The summed E-state index contributed by atoms with van der Waals surface area (Å²) in [5, 5.41) is 18.9. The molecule has 0 saturated carbocycles. The van der Waals surface area contributed by atoms with Gasteiger partial charge in [0.1, 0.15) is 12.4 Å². The van der Waals surface area contributed by atoms with Crippen LogP contribution in [0.4, 0.5) is 8.78 Å². The van der Waals surface area contributed by atoms with Gasteiger partial charge in [0.2, 0.25) is 11.2 Å². The van der Waals surface area contributed by atoms with Crippen LogP contribution in [0.5, 0.6) is 17.2 Å². The van der Waals surface area contributed by atoms with Crippen molar-refractivity contribution < 1.29 is 32.9 Å². The van der Waals surface area contributed by atoms with E-state index in [9.17, 15) is 18.7 Å². The first kappa shape index (κ1) is 19.7. The van der Waals surface area contributed by atoms with Gasteiger partial charge in [-0.3, -0.25) is 9.69 Å². The lowest BCUT2D eigenvalue weighted by molar-refractivity contribution is -0.0512. The van der Waals surface area contributed by atoms with Crippen molar-refractivity contribution in [1.29, 1.82) is 0 Å². The van der Waals surface area contributed by atoms with Crippen LogP contribution in [0, 0.1) is 0 Å². The lowest BCUT2D eigenvalue weighted by Crippen LogP contribution is -2.19. The number of aliphatic hydroxyl groups is 1. The summed E-state index contributed by atoms with van der Waals surface area (Å²) in [6, 6.07) is 5.54. The van der Waals surface area contributed by atoms with Crippen LogP contribution in [-0.4, -0.2) is 35.9 Å². The molecule has 2 rings (SSSR count). The maximum Gasteiger partial charge on any atom is 0.387 e. The number of ether oxygens (including phenoxy) is 2. The van der Waals surface area contributed by atoms with E-state index in [1.807, 2.05) is 0 Å². The van der Waals surface area contributed by atoms with Gasteiger partial charge in [-0.1, -0.05) is 6.07 Å². The first-order valence-corrected chi connectivity index (χ1v) is 7.60. The molecule has 9 heteroatoms. The number of benzene rings is 1. The number of hydrogen-bond donors (Lipinski definition) is 2. The lowest BCUT2D eigenvalue weighted by Gasteiger charge is -2.18. The molecule has 1 aromatic carbocycles. The Morgan fingerprint density at radius 1 is 1.23 bits per heavy atom. The molecule has 26 heavy (non-hydrogen) atoms. The standard InChI is InChI=1S/C17H19F2NO6/c1-20(8-15-16(23)12(22)6-11(9-21)25-15)7-10-3-4-13(26-17(18)19)14(5-10)24-2/h3-6,17,21,23H,7-9H2,1-2H3. The summed E-state index contributed by atoms with van der Waals surface area (Å²) >= 11 is 0. The van der Waals surface area contributed by atoms with Crippen LogP contribution in [0.25, 0.3) is 0 Å². The second kappa shape index (κ2) is 8.63. The van der Waals surface area contributed by atoms with Crippen molar-refractivity contribution >= 4 is 0 Å². The summed E-state index contributed by atoms with van der Waals surface area (Å²) in [6.45, 7) is -2.98. The highest BCUT2D eigenvalue weighted by atomic mass is 19.3. The fourth-order valence-corrected chi connectivity index (χ4v) is 2.39. The number of rotatable bonds is 8. The lowest BCUT2D eigenvalue weighted by atomic mass is 10.2. The molecule has 2 N–H and O–H groups in total. The average Bonchev–Trinajstić information content (AvgIpc) is 2.59. The zero-order valence-electron chi connectivity index (χ0n) is 14.2. The fourth-order valence-electron chi connectivity index (χ4n) is 2.39. The summed E-state index contributed by atoms with van der Waals surface area (Å²) < 4.78 is 39.4. The molecule has 1 aromatic heterocycles. The normalized spacial score (nSPS) is 11.2. The smallest absolute Gasteiger partial charge is 0.387 e. The molecule has 0 radical (unpaired) electrons. The van der Waals surface area contributed by atoms with Crippen molar-refractivity contribution in [2.45, 2.75) is 26.3 Å². The zero-order valence-corrected chi connectivity index (χ0v) is 14.2. The topological polar surface area (TPSA) is 92.4 Å². The largest absolute Gasteiger partial charge is 0.502 e. The quantitative estimate of drug-likeness (QED) is 0.734. The molecule has 2 aromatic rings. The molecule has 1 heterocycles. The first-order valence-electron chi connectivity index (χ1n) is 7.60. The molecule has 0 aliphatic heterocycles. The Bertz CT molecular complexity index is 808. The minimum atomic E-state index is -2.96. The third kappa shape index (κ3) is 4.93. The molecular weight excluding hydrogens is 352 g/mol. The molecule has 0 bridgehead atoms. The zero-order chi connectivity index (χ0) is 19.3. The number of aromatic hydroxyl groups is 1. The Hall–Kier alpha value is -2.65. The Morgan fingerprint density at radius 2 is 1.96 bits per heavy atom. The van der Waals surface area contributed by atoms with E-state index < -0.39 is 24.4 Å². The van der Waals surface area contributed by atoms with Gasteiger partial charge in [0, 0.05) is 12.6 Å². The van der Waals surface area contributed by atoms with Crippen molar-refractivity contribution in [3.63, 3.8) is 0 Å². The van der Waals surface area contributed by atoms with E-state index in [0.29, 0.717) is 6.54 Å². The van der Waals surface area contributed by atoms with Crippen LogP contribution >= 0.6 is 0 Å². The maximum absolute atomic E-state index is 12.4. The van der Waals surface area contributed by atoms with Crippen LogP contribution < -0.4 is 14.9 Å². The van der Waals surface area contributed by atoms with Crippen molar-refractivity contribution in [3.8, 4) is 17.2 Å². The summed E-state index contributed by atoms with van der Waals surface area (Å²) in [6.07, 6.45) is 0. The van der Waals surface area contributed by atoms with Crippen molar-refractivity contribution in [2.75, 3.05) is 14.2 Å². The van der Waals surface area contributed by atoms with E-state index in [0.717, 1.165) is 11.6 Å². The van der Waals surface area contributed by atoms with Gasteiger partial charge >= 0.3 is 6.61 Å². The van der Waals surface area contributed by atoms with E-state index >= 15 is 0 Å². The fraction of sp³-hybridized carbons (Fsp3) is 0.353. The molecule has 7 nitrogen and oxygen atoms in total. The van der Waals surface area contributed by atoms with Gasteiger partial charge in [0.15, 0.2) is 17.3 Å². The third-order valence-electron chi connectivity index (χ3n) is 3.51. The van der Waals surface area contributed by atoms with Crippen LogP contribution in [0.3, 0.4) is 0 Å². The molecule has 142 valence electrons. The highest BCUT2D eigenvalue weighted by molar-refractivity contribution is 5.43. The third-order valence-corrected chi connectivity index (χ3v) is 3.51. The number of nitrogens with zero attached hydrogens (tertiary/aromatic N) is 1. The molecule has 0 atom stereocenters. The summed E-state index contributed by atoms with van der Waals surface area (Å²) in [7, 11) is 3.05. The van der Waals surface area contributed by atoms with Gasteiger partial charge in [0.05, 0.1) is 13.7 Å². The van der Waals surface area contributed by atoms with Crippen LogP contribution in [0.1, 0.15) is 17.1 Å². The van der Waals surface area contributed by atoms with Gasteiger partial charge in [-0.25, -0.2) is 0 Å². The first-order chi connectivity index (χ1) is 12.3. The average molecular weight is 371 g/mol. The molecular formula is C17H19F2NO6. The highest BCUT2D eigenvalue weighted by Gasteiger charge is 2.15. The Morgan fingerprint density at radius 3 is 2.58 bits per heavy atom. The number of hydrogen-bond acceptors (Lipinski definition) is 7. The predicted molar refractivity (Wildman–Crippen MR) is 87.4 cm³/mol. The van der Waals surface area contributed by atoms with Gasteiger partial charge in [-0.05, 0) is 24.7 Å². The molecule has 0 amide bonds. The summed E-state index contributed by atoms with van der Waals surface area (Å²) in [5.74, 6) is -0.367. The van der Waals surface area contributed by atoms with E-state index in [1.54, 1.807) is 24.1 Å². The predicted octanol–water partition coefficient (Wildman–Crippen LogP) is 2.08. The van der Waals surface area contributed by atoms with Crippen molar-refractivity contribution in [3.05, 3.63) is 51.6 Å². The summed E-state index contributed by atoms with van der Waals surface area (Å²) in [4.78, 5) is 13.4. The van der Waals surface area contributed by atoms with Gasteiger partial charge in [-0.15, -0.1) is 0 Å². The van der Waals surface area contributed by atoms with Crippen molar-refractivity contribution in [1.82, 2.24) is 4.90 Å². The molecule has 0 saturated heterocycles. The second-order valence-electron chi connectivity index (χ2n) is 5.54. The minimum absolute atomic E-state index is 0.0219. The van der Waals surface area contributed by atoms with Gasteiger partial charge < -0.3 is 24.1 Å². The van der Waals surface area contributed by atoms with Crippen LogP contribution in [0.15, 0.2) is 33.5 Å². The minimum Gasteiger partial charge on any atom is -0.502 e. The molecule has 0 fully saturated rings. The highest BCUT2D eigenvalue weighted by Crippen LogP contribution is 2.30. The van der Waals surface area contributed by atoms with Gasteiger partial charge in [0.25, 0.3) is 0 Å². The molecule has 0 aliphatic carbocycles. The molecule has 0 unspecified atom stereocenters. The van der Waals surface area contributed by atoms with E-state index in [1.165, 1.54) is 13.2 Å². The molecule has 0 spiro atoms. The van der Waals surface area contributed by atoms with E-state index in [-0.39, 0.29) is 29.6 Å². The summed E-state index contributed by atoms with van der Waals surface area (Å²) in [5.41, 5.74) is 0.0879. The number of methoxy groups -OCH3 is 1. The number of alkyl halides is 2. The number of aliphatic hydroxyl groups excluding tert-OH is 1. The Labute approximate surface area is 148 Å². The monoisotopic (exact) mass is 371 g/mol. The van der Waals surface area contributed by atoms with Crippen LogP contribution in [-0.2, 0) is 19.7 Å². The van der Waals surface area contributed by atoms with E-state index in [2.05, 4.69) is 4.74 Å². The van der Waals surface area contributed by atoms with Crippen molar-refractivity contribution in [2.24, 2.45) is 0 Å². The van der Waals surface area contributed by atoms with E-state index in [4.69, 9.17) is 14.3 Å². The molecule has 0 aliphatic rings. The maximum atomic E-state index is 12.4. The Balaban J connectivity index is 2.14. The second-order valence-corrected chi connectivity index (χ2v) is 5.54. The SMILES string of the molecule is COc1cc(CN(C)Cc2oc(CO)cc(=O)c2O)ccc1OC(F)F. The van der Waals surface area contributed by atoms with Gasteiger partial charge in [-0.2, -0.15) is 8.78 Å². The van der Waals surface area contributed by atoms with Crippen LogP contribution in [0.2, 0.25) is 0 Å². The Kier molecular flexibility index (Phi) is 6.53.